The second kappa shape index (κ2) is 5.63. The Balaban J connectivity index is 1.68. The first kappa shape index (κ1) is 13.1. The van der Waals surface area contributed by atoms with Crippen LogP contribution in [0.5, 0.6) is 0 Å². The third kappa shape index (κ3) is 3.18. The van der Waals surface area contributed by atoms with Crippen LogP contribution < -0.4 is 4.90 Å². The van der Waals surface area contributed by atoms with Crippen LogP contribution in [-0.2, 0) is 6.42 Å². The van der Waals surface area contributed by atoms with Crippen LogP contribution in [0.3, 0.4) is 0 Å². The van der Waals surface area contributed by atoms with Crippen LogP contribution in [0.2, 0.25) is 5.15 Å². The molecule has 1 aliphatic heterocycles. The second-order valence-electron chi connectivity index (χ2n) is 5.47. The maximum Gasteiger partial charge on any atom is 0.134 e. The molecule has 2 fully saturated rings. The van der Waals surface area contributed by atoms with E-state index in [2.05, 4.69) is 26.7 Å². The van der Waals surface area contributed by atoms with Crippen molar-refractivity contribution in [1.82, 2.24) is 14.9 Å². The Morgan fingerprint density at radius 1 is 1.21 bits per heavy atom. The number of piperazine rings is 1. The van der Waals surface area contributed by atoms with E-state index in [1.165, 1.54) is 12.8 Å². The van der Waals surface area contributed by atoms with Crippen molar-refractivity contribution in [1.29, 1.82) is 0 Å². The molecule has 0 amide bonds. The molecule has 1 aromatic rings. The molecule has 1 saturated carbocycles. The third-order valence-corrected chi connectivity index (χ3v) is 4.10. The van der Waals surface area contributed by atoms with Crippen molar-refractivity contribution in [3.8, 4) is 0 Å². The number of hydrogen-bond acceptors (Lipinski definition) is 4. The summed E-state index contributed by atoms with van der Waals surface area (Å²) in [6.45, 7) is 6.54. The molecule has 1 aromatic heterocycles. The van der Waals surface area contributed by atoms with Gasteiger partial charge in [-0.25, -0.2) is 9.97 Å². The van der Waals surface area contributed by atoms with Gasteiger partial charge in [0.15, 0.2) is 0 Å². The van der Waals surface area contributed by atoms with Gasteiger partial charge >= 0.3 is 0 Å². The highest BCUT2D eigenvalue weighted by Crippen LogP contribution is 2.28. The quantitative estimate of drug-likeness (QED) is 0.793. The molecule has 2 heterocycles. The maximum atomic E-state index is 6.11. The van der Waals surface area contributed by atoms with Crippen LogP contribution in [0, 0.1) is 0 Å². The third-order valence-electron chi connectivity index (χ3n) is 3.90. The van der Waals surface area contributed by atoms with Crippen molar-refractivity contribution in [3.05, 3.63) is 17.0 Å². The fourth-order valence-electron chi connectivity index (χ4n) is 2.70. The van der Waals surface area contributed by atoms with Crippen LogP contribution >= 0.6 is 11.6 Å². The van der Waals surface area contributed by atoms with Gasteiger partial charge in [-0.05, 0) is 19.3 Å². The topological polar surface area (TPSA) is 32.3 Å². The minimum Gasteiger partial charge on any atom is -0.354 e. The summed E-state index contributed by atoms with van der Waals surface area (Å²) in [6.07, 6.45) is 4.73. The van der Waals surface area contributed by atoms with Gasteiger partial charge < -0.3 is 4.90 Å². The molecule has 104 valence electrons. The van der Waals surface area contributed by atoms with Gasteiger partial charge in [0.1, 0.15) is 16.8 Å². The Bertz CT molecular complexity index is 439. The van der Waals surface area contributed by atoms with Crippen molar-refractivity contribution in [2.45, 2.75) is 38.6 Å². The van der Waals surface area contributed by atoms with E-state index in [4.69, 9.17) is 11.6 Å². The number of aromatic nitrogens is 2. The Hall–Kier alpha value is -0.870. The van der Waals surface area contributed by atoms with E-state index in [1.54, 1.807) is 0 Å². The molecule has 3 rings (SSSR count). The maximum absolute atomic E-state index is 6.11. The lowest BCUT2D eigenvalue weighted by Gasteiger charge is -2.35. The van der Waals surface area contributed by atoms with E-state index in [1.807, 2.05) is 6.07 Å². The lowest BCUT2D eigenvalue weighted by molar-refractivity contribution is 0.247. The van der Waals surface area contributed by atoms with Crippen LogP contribution in [0.1, 0.15) is 32.0 Å². The van der Waals surface area contributed by atoms with Gasteiger partial charge in [-0.3, -0.25) is 4.90 Å². The zero-order valence-corrected chi connectivity index (χ0v) is 12.2. The number of halogens is 1. The van der Waals surface area contributed by atoms with E-state index in [0.29, 0.717) is 5.15 Å². The summed E-state index contributed by atoms with van der Waals surface area (Å²) in [5.41, 5.74) is 0. The lowest BCUT2D eigenvalue weighted by Crippen LogP contribution is -2.47. The Morgan fingerprint density at radius 3 is 2.58 bits per heavy atom. The van der Waals surface area contributed by atoms with Crippen molar-refractivity contribution >= 4 is 17.4 Å². The van der Waals surface area contributed by atoms with Gasteiger partial charge in [0.25, 0.3) is 0 Å². The predicted molar refractivity (Wildman–Crippen MR) is 77.8 cm³/mol. The summed E-state index contributed by atoms with van der Waals surface area (Å²) in [5, 5.41) is 0.568. The first-order chi connectivity index (χ1) is 9.26. The monoisotopic (exact) mass is 280 g/mol. The summed E-state index contributed by atoms with van der Waals surface area (Å²) < 4.78 is 0. The summed E-state index contributed by atoms with van der Waals surface area (Å²) in [5.74, 6) is 1.87. The van der Waals surface area contributed by atoms with E-state index in [9.17, 15) is 0 Å². The first-order valence-electron chi connectivity index (χ1n) is 7.28. The molecule has 0 radical (unpaired) electrons. The van der Waals surface area contributed by atoms with Gasteiger partial charge in [-0.15, -0.1) is 0 Å². The Kier molecular flexibility index (Phi) is 3.89. The number of nitrogens with zero attached hydrogens (tertiary/aromatic N) is 4. The molecule has 0 spiro atoms. The minimum absolute atomic E-state index is 0.568. The van der Waals surface area contributed by atoms with Crippen molar-refractivity contribution in [3.63, 3.8) is 0 Å². The van der Waals surface area contributed by atoms with Crippen LogP contribution in [-0.4, -0.2) is 47.1 Å². The molecule has 5 heteroatoms. The summed E-state index contributed by atoms with van der Waals surface area (Å²) in [4.78, 5) is 13.9. The van der Waals surface area contributed by atoms with Crippen molar-refractivity contribution in [2.75, 3.05) is 31.1 Å². The number of rotatable bonds is 4. The highest BCUT2D eigenvalue weighted by atomic mass is 35.5. The van der Waals surface area contributed by atoms with Crippen LogP contribution in [0.4, 0.5) is 5.82 Å². The van der Waals surface area contributed by atoms with Crippen molar-refractivity contribution in [2.24, 2.45) is 0 Å². The van der Waals surface area contributed by atoms with Gasteiger partial charge in [0.2, 0.25) is 0 Å². The van der Waals surface area contributed by atoms with Crippen LogP contribution in [0.15, 0.2) is 6.07 Å². The predicted octanol–water partition coefficient (Wildman–Crippen LogP) is 2.37. The average molecular weight is 281 g/mol. The molecule has 1 saturated heterocycles. The lowest BCUT2D eigenvalue weighted by atomic mass is 10.3. The molecule has 19 heavy (non-hydrogen) atoms. The molecule has 0 atom stereocenters. The number of hydrogen-bond donors (Lipinski definition) is 0. The standard InChI is InChI=1S/C14H21ClN4/c1-2-3-13-16-12(15)10-14(17-13)19-8-6-18(7-9-19)11-4-5-11/h10-11H,2-9H2,1H3. The molecule has 1 aliphatic carbocycles. The number of anilines is 1. The van der Waals surface area contributed by atoms with Crippen molar-refractivity contribution < 1.29 is 0 Å². The van der Waals surface area contributed by atoms with E-state index in [-0.39, 0.29) is 0 Å². The fraction of sp³-hybridized carbons (Fsp3) is 0.714. The zero-order valence-electron chi connectivity index (χ0n) is 11.5. The Morgan fingerprint density at radius 2 is 1.95 bits per heavy atom. The molecule has 0 aromatic carbocycles. The highest BCUT2D eigenvalue weighted by Gasteiger charge is 2.31. The van der Waals surface area contributed by atoms with E-state index < -0.39 is 0 Å². The molecule has 0 N–H and O–H groups in total. The smallest absolute Gasteiger partial charge is 0.134 e. The van der Waals surface area contributed by atoms with Gasteiger partial charge in [-0.2, -0.15) is 0 Å². The second-order valence-corrected chi connectivity index (χ2v) is 5.86. The summed E-state index contributed by atoms with van der Waals surface area (Å²) >= 11 is 6.11. The molecule has 0 unspecified atom stereocenters. The fourth-order valence-corrected chi connectivity index (χ4v) is 2.90. The van der Waals surface area contributed by atoms with Gasteiger partial charge in [-0.1, -0.05) is 18.5 Å². The highest BCUT2D eigenvalue weighted by molar-refractivity contribution is 6.29. The van der Waals surface area contributed by atoms with Gasteiger partial charge in [0, 0.05) is 44.7 Å². The molecule has 2 aliphatic rings. The van der Waals surface area contributed by atoms with E-state index >= 15 is 0 Å². The zero-order chi connectivity index (χ0) is 13.2. The molecule has 4 nitrogen and oxygen atoms in total. The summed E-state index contributed by atoms with van der Waals surface area (Å²) in [6, 6.07) is 2.76. The largest absolute Gasteiger partial charge is 0.354 e. The SMILES string of the molecule is CCCc1nc(Cl)cc(N2CCN(C3CC3)CC2)n1. The van der Waals surface area contributed by atoms with E-state index in [0.717, 1.165) is 56.7 Å². The number of aryl methyl sites for hydroxylation is 1. The summed E-state index contributed by atoms with van der Waals surface area (Å²) in [7, 11) is 0. The first-order valence-corrected chi connectivity index (χ1v) is 7.66. The van der Waals surface area contributed by atoms with Crippen LogP contribution in [0.25, 0.3) is 0 Å². The molecular formula is C14H21ClN4. The minimum atomic E-state index is 0.568. The molecular weight excluding hydrogens is 260 g/mol. The van der Waals surface area contributed by atoms with Gasteiger partial charge in [0.05, 0.1) is 0 Å². The Labute approximate surface area is 119 Å². The normalized spacial score (nSPS) is 20.8. The average Bonchev–Trinajstić information content (AvgIpc) is 3.23. The molecule has 0 bridgehead atoms.